The van der Waals surface area contributed by atoms with E-state index in [1.807, 2.05) is 54.1 Å². The van der Waals surface area contributed by atoms with E-state index in [9.17, 15) is 14.4 Å². The fourth-order valence-corrected chi connectivity index (χ4v) is 5.81. The minimum absolute atomic E-state index is 0.0515. The summed E-state index contributed by atoms with van der Waals surface area (Å²) in [6.07, 6.45) is 2.90. The molecule has 2 atom stereocenters. The van der Waals surface area contributed by atoms with Crippen molar-refractivity contribution in [2.24, 2.45) is 11.8 Å². The van der Waals surface area contributed by atoms with Crippen molar-refractivity contribution in [3.8, 4) is 0 Å². The van der Waals surface area contributed by atoms with Gasteiger partial charge in [-0.2, -0.15) is 0 Å². The Hall–Kier alpha value is -3.77. The first-order chi connectivity index (χ1) is 20.6. The van der Waals surface area contributed by atoms with Gasteiger partial charge in [0.2, 0.25) is 0 Å². The second-order valence-electron chi connectivity index (χ2n) is 12.0. The summed E-state index contributed by atoms with van der Waals surface area (Å²) in [5.74, 6) is -0.447. The average molecular weight is 610 g/mol. The zero-order valence-electron chi connectivity index (χ0n) is 25.8. The number of carbonyl (C=O) groups is 3. The molecule has 2 amide bonds. The molecule has 12 heteroatoms. The third-order valence-corrected chi connectivity index (χ3v) is 9.30. The van der Waals surface area contributed by atoms with Crippen LogP contribution in [0, 0.1) is 11.8 Å². The van der Waals surface area contributed by atoms with Crippen LogP contribution in [-0.4, -0.2) is 78.3 Å². The summed E-state index contributed by atoms with van der Waals surface area (Å²) >= 11 is 0. The molecule has 0 saturated carbocycles. The lowest BCUT2D eigenvalue weighted by Gasteiger charge is -2.23. The fourth-order valence-electron chi connectivity index (χ4n) is 5.05. The molecule has 1 aliphatic rings. The number of rotatable bonds is 13. The number of hydrogen-bond donors (Lipinski definition) is 0. The van der Waals surface area contributed by atoms with Crippen molar-refractivity contribution in [2.75, 3.05) is 37.7 Å². The quantitative estimate of drug-likeness (QED) is 0.182. The van der Waals surface area contributed by atoms with Crippen molar-refractivity contribution in [3.05, 3.63) is 54.4 Å². The molecular weight excluding hydrogens is 566 g/mol. The minimum Gasteiger partial charge on any atom is -0.449 e. The number of aromatic nitrogens is 3. The van der Waals surface area contributed by atoms with Crippen LogP contribution >= 0.6 is 0 Å². The molecule has 11 nitrogen and oxygen atoms in total. The molecule has 0 bridgehead atoms. The number of ether oxygens (including phenoxy) is 3. The lowest BCUT2D eigenvalue weighted by Crippen LogP contribution is -2.41. The number of fused-ring (bicyclic) bond motifs is 1. The Morgan fingerprint density at radius 1 is 1.05 bits per heavy atom. The molecule has 2 aromatic heterocycles. The lowest BCUT2D eigenvalue weighted by atomic mass is 9.90. The molecule has 0 spiro atoms. The maximum atomic E-state index is 13.6. The number of amides is 2. The van der Waals surface area contributed by atoms with Gasteiger partial charge in [-0.05, 0) is 30.5 Å². The number of nitrogens with zero attached hydrogens (tertiary/aromatic N) is 5. The first kappa shape index (κ1) is 32.1. The molecule has 0 aliphatic carbocycles. The Morgan fingerprint density at radius 3 is 2.51 bits per heavy atom. The summed E-state index contributed by atoms with van der Waals surface area (Å²) in [6.45, 7) is 12.4. The summed E-state index contributed by atoms with van der Waals surface area (Å²) in [5.41, 5.74) is 2.09. The predicted octanol–water partition coefficient (Wildman–Crippen LogP) is 5.57. The van der Waals surface area contributed by atoms with Crippen molar-refractivity contribution in [2.45, 2.75) is 59.3 Å². The highest BCUT2D eigenvalue weighted by Crippen LogP contribution is 2.29. The van der Waals surface area contributed by atoms with E-state index >= 15 is 0 Å². The Bertz CT molecular complexity index is 1390. The number of benzene rings is 1. The van der Waals surface area contributed by atoms with Gasteiger partial charge in [-0.1, -0.05) is 63.3 Å². The first-order valence-corrected chi connectivity index (χ1v) is 18.6. The van der Waals surface area contributed by atoms with E-state index in [0.717, 1.165) is 11.6 Å². The normalized spacial score (nSPS) is 16.8. The molecular formula is C31H43N5O6Si. The number of hydrogen-bond acceptors (Lipinski definition) is 8. The zero-order valence-corrected chi connectivity index (χ0v) is 26.8. The standard InChI is InChI=1S/C31H43N5O6Si/c1-6-24-18-35(30(38)42-21-23-11-9-8-10-12-23)19-25(24)27(37)20-36(31(39)41-7-2)28-17-32-29-26(33-28)13-14-34(29)22-40-15-16-43(3,4)5/h8-14,17,24-25H,6-7,15-16,18-22H2,1-5H3/t24-,25+/m1/s1. The maximum absolute atomic E-state index is 13.6. The van der Waals surface area contributed by atoms with Crippen molar-refractivity contribution >= 4 is 43.0 Å². The summed E-state index contributed by atoms with van der Waals surface area (Å²) in [5, 5.41) is 0. The van der Waals surface area contributed by atoms with Crippen molar-refractivity contribution in [3.63, 3.8) is 0 Å². The monoisotopic (exact) mass is 609 g/mol. The molecule has 232 valence electrons. The third-order valence-electron chi connectivity index (χ3n) is 7.60. The third kappa shape index (κ3) is 8.63. The molecule has 0 N–H and O–H groups in total. The van der Waals surface area contributed by atoms with Gasteiger partial charge >= 0.3 is 12.2 Å². The molecule has 3 aromatic rings. The topological polar surface area (TPSA) is 116 Å². The number of Topliss-reactive ketones (excluding diaryl/α,β-unsaturated/α-hetero) is 1. The molecule has 0 unspecified atom stereocenters. The molecule has 0 radical (unpaired) electrons. The summed E-state index contributed by atoms with van der Waals surface area (Å²) < 4.78 is 18.5. The van der Waals surface area contributed by atoms with Crippen LogP contribution in [-0.2, 0) is 32.3 Å². The Balaban J connectivity index is 1.43. The lowest BCUT2D eigenvalue weighted by molar-refractivity contribution is -0.122. The highest BCUT2D eigenvalue weighted by atomic mass is 28.3. The van der Waals surface area contributed by atoms with Crippen molar-refractivity contribution < 1.29 is 28.6 Å². The largest absolute Gasteiger partial charge is 0.449 e. The summed E-state index contributed by atoms with van der Waals surface area (Å²) in [7, 11) is -1.19. The Morgan fingerprint density at radius 2 is 1.81 bits per heavy atom. The number of ketones is 1. The van der Waals surface area contributed by atoms with E-state index in [-0.39, 0.29) is 43.8 Å². The van der Waals surface area contributed by atoms with Gasteiger partial charge in [-0.3, -0.25) is 9.69 Å². The summed E-state index contributed by atoms with van der Waals surface area (Å²) in [4.78, 5) is 51.5. The first-order valence-electron chi connectivity index (χ1n) is 14.9. The SMILES string of the molecule is CCOC(=O)N(CC(=O)[C@H]1CN(C(=O)OCc2ccccc2)C[C@H]1CC)c1cnc2c(ccn2COCC[Si](C)(C)C)n1. The summed E-state index contributed by atoms with van der Waals surface area (Å²) in [6, 6.07) is 12.3. The van der Waals surface area contributed by atoms with Crippen LogP contribution in [0.3, 0.4) is 0 Å². The number of anilines is 1. The molecule has 3 heterocycles. The molecule has 1 fully saturated rings. The zero-order chi connectivity index (χ0) is 31.0. The van der Waals surface area contributed by atoms with Gasteiger partial charge in [0.15, 0.2) is 17.2 Å². The van der Waals surface area contributed by atoms with Gasteiger partial charge in [0.1, 0.15) is 18.9 Å². The van der Waals surface area contributed by atoms with Crippen LogP contribution in [0.1, 0.15) is 25.8 Å². The van der Waals surface area contributed by atoms with E-state index in [0.29, 0.717) is 37.5 Å². The van der Waals surface area contributed by atoms with Gasteiger partial charge in [0.25, 0.3) is 0 Å². The number of likely N-dealkylation sites (tertiary alicyclic amines) is 1. The minimum atomic E-state index is -1.19. The average Bonchev–Trinajstić information content (AvgIpc) is 3.61. The fraction of sp³-hybridized carbons (Fsp3) is 0.516. The Kier molecular flexibility index (Phi) is 10.9. The van der Waals surface area contributed by atoms with E-state index in [2.05, 4.69) is 29.6 Å². The second-order valence-corrected chi connectivity index (χ2v) is 17.7. The smallest absolute Gasteiger partial charge is 0.415 e. The van der Waals surface area contributed by atoms with Crippen LogP contribution in [0.2, 0.25) is 25.7 Å². The molecule has 4 rings (SSSR count). The van der Waals surface area contributed by atoms with Gasteiger partial charge in [-0.15, -0.1) is 0 Å². The van der Waals surface area contributed by atoms with Crippen molar-refractivity contribution in [1.82, 2.24) is 19.4 Å². The van der Waals surface area contributed by atoms with Gasteiger partial charge in [0, 0.05) is 39.9 Å². The van der Waals surface area contributed by atoms with E-state index in [1.54, 1.807) is 11.8 Å². The van der Waals surface area contributed by atoms with Crippen molar-refractivity contribution in [1.29, 1.82) is 0 Å². The maximum Gasteiger partial charge on any atom is 0.415 e. The van der Waals surface area contributed by atoms with E-state index in [4.69, 9.17) is 14.2 Å². The highest BCUT2D eigenvalue weighted by molar-refractivity contribution is 6.76. The van der Waals surface area contributed by atoms with Gasteiger partial charge < -0.3 is 23.7 Å². The van der Waals surface area contributed by atoms with Crippen LogP contribution in [0.4, 0.5) is 15.4 Å². The van der Waals surface area contributed by atoms with Gasteiger partial charge in [0.05, 0.1) is 19.3 Å². The van der Waals surface area contributed by atoms with Crippen LogP contribution in [0.5, 0.6) is 0 Å². The van der Waals surface area contributed by atoms with E-state index in [1.165, 1.54) is 11.1 Å². The highest BCUT2D eigenvalue weighted by Gasteiger charge is 2.40. The second kappa shape index (κ2) is 14.6. The van der Waals surface area contributed by atoms with Crippen LogP contribution in [0.15, 0.2) is 48.8 Å². The van der Waals surface area contributed by atoms with Crippen LogP contribution in [0.25, 0.3) is 11.2 Å². The molecule has 1 aromatic carbocycles. The number of carbonyl (C=O) groups excluding carboxylic acids is 3. The van der Waals surface area contributed by atoms with Gasteiger partial charge in [-0.25, -0.2) is 19.6 Å². The predicted molar refractivity (Wildman–Crippen MR) is 166 cm³/mol. The molecule has 1 aliphatic heterocycles. The van der Waals surface area contributed by atoms with E-state index < -0.39 is 26.2 Å². The molecule has 1 saturated heterocycles. The molecule has 43 heavy (non-hydrogen) atoms. The van der Waals surface area contributed by atoms with Crippen LogP contribution < -0.4 is 4.90 Å². The Labute approximate surface area is 254 Å².